The highest BCUT2D eigenvalue weighted by molar-refractivity contribution is 7.99. The Hall–Kier alpha value is -1.32. The van der Waals surface area contributed by atoms with Crippen LogP contribution in [0, 0.1) is 0 Å². The van der Waals surface area contributed by atoms with Crippen LogP contribution in [0.2, 0.25) is 0 Å². The fraction of sp³-hybridized carbons (Fsp3) is 0.667. The van der Waals surface area contributed by atoms with Crippen LogP contribution in [0.4, 0.5) is 21.7 Å². The molecule has 7 nitrogen and oxygen atoms in total. The van der Waals surface area contributed by atoms with Crippen molar-refractivity contribution in [3.05, 3.63) is 0 Å². The van der Waals surface area contributed by atoms with Gasteiger partial charge in [-0.3, -0.25) is 0 Å². The van der Waals surface area contributed by atoms with Crippen molar-refractivity contribution in [1.29, 1.82) is 0 Å². The minimum atomic E-state index is -1.43. The van der Waals surface area contributed by atoms with E-state index < -0.39 is 18.8 Å². The van der Waals surface area contributed by atoms with Crippen LogP contribution in [0.25, 0.3) is 0 Å². The molecule has 120 valence electrons. The van der Waals surface area contributed by atoms with Crippen molar-refractivity contribution in [1.82, 2.24) is 9.97 Å². The van der Waals surface area contributed by atoms with Crippen LogP contribution >= 0.6 is 11.8 Å². The number of alkyl halides is 1. The van der Waals surface area contributed by atoms with E-state index in [2.05, 4.69) is 15.3 Å². The Kier molecular flexibility index (Phi) is 7.48. The van der Waals surface area contributed by atoms with Gasteiger partial charge in [0, 0.05) is 12.2 Å². The lowest BCUT2D eigenvalue weighted by molar-refractivity contribution is 0.152. The molecule has 1 rings (SSSR count). The average Bonchev–Trinajstić information content (AvgIpc) is 2.48. The summed E-state index contributed by atoms with van der Waals surface area (Å²) in [6, 6.07) is -0.618. The second-order valence-electron chi connectivity index (χ2n) is 4.54. The van der Waals surface area contributed by atoms with Gasteiger partial charge in [-0.1, -0.05) is 18.7 Å². The van der Waals surface area contributed by atoms with Gasteiger partial charge in [-0.25, -0.2) is 14.4 Å². The van der Waals surface area contributed by atoms with E-state index in [9.17, 15) is 9.50 Å². The standard InChI is InChI=1S/C12H22FN5O2S/c1-2-3-21-12-17-10(15)9(14)11(18-12)16-8(6-20)4-7(13)5-19/h7-8,19-20H,2-6,14H2,1H3,(H3,15,16,17,18). The molecule has 0 aromatic carbocycles. The van der Waals surface area contributed by atoms with Gasteiger partial charge in [-0.05, 0) is 6.42 Å². The molecule has 1 aromatic rings. The van der Waals surface area contributed by atoms with E-state index in [1.165, 1.54) is 11.8 Å². The maximum absolute atomic E-state index is 13.2. The van der Waals surface area contributed by atoms with E-state index in [1.54, 1.807) is 0 Å². The number of anilines is 3. The summed E-state index contributed by atoms with van der Waals surface area (Å²) in [5.41, 5.74) is 11.7. The van der Waals surface area contributed by atoms with Crippen LogP contribution in [0.3, 0.4) is 0 Å². The molecule has 0 fully saturated rings. The molecule has 2 unspecified atom stereocenters. The van der Waals surface area contributed by atoms with Gasteiger partial charge in [-0.2, -0.15) is 0 Å². The molecule has 0 aliphatic carbocycles. The zero-order chi connectivity index (χ0) is 15.8. The maximum atomic E-state index is 13.2. The first kappa shape index (κ1) is 17.7. The molecule has 21 heavy (non-hydrogen) atoms. The van der Waals surface area contributed by atoms with Gasteiger partial charge in [0.1, 0.15) is 11.9 Å². The lowest BCUT2D eigenvalue weighted by atomic mass is 10.1. The van der Waals surface area contributed by atoms with Crippen molar-refractivity contribution in [3.8, 4) is 0 Å². The summed E-state index contributed by atoms with van der Waals surface area (Å²) in [6.07, 6.45) is -0.530. The van der Waals surface area contributed by atoms with Gasteiger partial charge in [0.2, 0.25) is 0 Å². The fourth-order valence-corrected chi connectivity index (χ4v) is 2.29. The number of aliphatic hydroxyl groups excluding tert-OH is 2. The molecule has 0 amide bonds. The molecule has 0 saturated heterocycles. The highest BCUT2D eigenvalue weighted by Gasteiger charge is 2.18. The van der Waals surface area contributed by atoms with Gasteiger partial charge >= 0.3 is 0 Å². The number of nitrogens with zero attached hydrogens (tertiary/aromatic N) is 2. The van der Waals surface area contributed by atoms with E-state index in [0.717, 1.165) is 12.2 Å². The summed E-state index contributed by atoms with van der Waals surface area (Å²) in [6.45, 7) is 1.11. The highest BCUT2D eigenvalue weighted by Crippen LogP contribution is 2.26. The van der Waals surface area contributed by atoms with Crippen molar-refractivity contribution < 1.29 is 14.6 Å². The monoisotopic (exact) mass is 319 g/mol. The number of hydrogen-bond acceptors (Lipinski definition) is 8. The van der Waals surface area contributed by atoms with Gasteiger partial charge in [0.05, 0.1) is 19.3 Å². The third-order valence-electron chi connectivity index (χ3n) is 2.69. The number of hydrogen-bond donors (Lipinski definition) is 5. The molecule has 9 heteroatoms. The second-order valence-corrected chi connectivity index (χ2v) is 5.60. The smallest absolute Gasteiger partial charge is 0.191 e. The summed E-state index contributed by atoms with van der Waals surface area (Å²) < 4.78 is 13.2. The van der Waals surface area contributed by atoms with Crippen LogP contribution in [-0.2, 0) is 0 Å². The Morgan fingerprint density at radius 3 is 2.57 bits per heavy atom. The predicted octanol–water partition coefficient (Wildman–Crippen LogP) is 0.636. The Balaban J connectivity index is 2.86. The van der Waals surface area contributed by atoms with Gasteiger partial charge < -0.3 is 27.0 Å². The Morgan fingerprint density at radius 2 is 2.00 bits per heavy atom. The minimum absolute atomic E-state index is 0.0617. The summed E-state index contributed by atoms with van der Waals surface area (Å²) in [5.74, 6) is 1.25. The van der Waals surface area contributed by atoms with Crippen molar-refractivity contribution >= 4 is 29.1 Å². The predicted molar refractivity (Wildman–Crippen MR) is 83.0 cm³/mol. The van der Waals surface area contributed by atoms with E-state index in [-0.39, 0.29) is 30.4 Å². The van der Waals surface area contributed by atoms with Gasteiger partial charge in [0.15, 0.2) is 16.8 Å². The zero-order valence-electron chi connectivity index (χ0n) is 11.9. The molecule has 0 spiro atoms. The van der Waals surface area contributed by atoms with E-state index in [4.69, 9.17) is 16.6 Å². The molecule has 0 radical (unpaired) electrons. The van der Waals surface area contributed by atoms with E-state index in [0.29, 0.717) is 5.16 Å². The van der Waals surface area contributed by atoms with E-state index in [1.807, 2.05) is 6.92 Å². The molecule has 1 heterocycles. The summed E-state index contributed by atoms with van der Waals surface area (Å²) in [5, 5.41) is 21.3. The third kappa shape index (κ3) is 5.52. The summed E-state index contributed by atoms with van der Waals surface area (Å²) >= 11 is 1.44. The Bertz CT molecular complexity index is 452. The molecule has 0 saturated carbocycles. The number of nitrogens with one attached hydrogen (secondary N) is 1. The molecule has 0 bridgehead atoms. The minimum Gasteiger partial charge on any atom is -0.394 e. The number of halogens is 1. The normalized spacial score (nSPS) is 13.9. The number of nitrogen functional groups attached to an aromatic ring is 2. The van der Waals surface area contributed by atoms with Gasteiger partial charge in [0.25, 0.3) is 0 Å². The van der Waals surface area contributed by atoms with Crippen LogP contribution < -0.4 is 16.8 Å². The molecule has 0 aliphatic heterocycles. The quantitative estimate of drug-likeness (QED) is 0.331. The van der Waals surface area contributed by atoms with Crippen LogP contribution in [0.5, 0.6) is 0 Å². The summed E-state index contributed by atoms with van der Waals surface area (Å²) in [7, 11) is 0. The fourth-order valence-electron chi connectivity index (χ4n) is 1.59. The molecule has 0 aliphatic rings. The Morgan fingerprint density at radius 1 is 1.29 bits per heavy atom. The number of aliphatic hydroxyl groups is 2. The lowest BCUT2D eigenvalue weighted by Crippen LogP contribution is -2.29. The first-order valence-electron chi connectivity index (χ1n) is 6.69. The highest BCUT2D eigenvalue weighted by atomic mass is 32.2. The molecule has 1 aromatic heterocycles. The van der Waals surface area contributed by atoms with Crippen molar-refractivity contribution in [2.24, 2.45) is 0 Å². The third-order valence-corrected chi connectivity index (χ3v) is 3.74. The van der Waals surface area contributed by atoms with E-state index >= 15 is 0 Å². The number of rotatable bonds is 9. The number of thioether (sulfide) groups is 1. The van der Waals surface area contributed by atoms with Crippen molar-refractivity contribution in [2.75, 3.05) is 35.8 Å². The molecular formula is C12H22FN5O2S. The zero-order valence-corrected chi connectivity index (χ0v) is 12.7. The molecule has 7 N–H and O–H groups in total. The second kappa shape index (κ2) is 8.85. The van der Waals surface area contributed by atoms with Crippen LogP contribution in [-0.4, -0.2) is 51.4 Å². The van der Waals surface area contributed by atoms with Crippen LogP contribution in [0.15, 0.2) is 5.16 Å². The number of aromatic nitrogens is 2. The SMILES string of the molecule is CCCSc1nc(N)c(N)c(NC(CO)CC(F)CO)n1. The largest absolute Gasteiger partial charge is 0.394 e. The molecule has 2 atom stereocenters. The van der Waals surface area contributed by atoms with Crippen molar-refractivity contribution in [3.63, 3.8) is 0 Å². The molecular weight excluding hydrogens is 297 g/mol. The topological polar surface area (TPSA) is 130 Å². The number of nitrogens with two attached hydrogens (primary N) is 2. The first-order chi connectivity index (χ1) is 10.0. The Labute approximate surface area is 127 Å². The van der Waals surface area contributed by atoms with Crippen molar-refractivity contribution in [2.45, 2.75) is 37.1 Å². The maximum Gasteiger partial charge on any atom is 0.191 e. The lowest BCUT2D eigenvalue weighted by Gasteiger charge is -2.20. The first-order valence-corrected chi connectivity index (χ1v) is 7.68. The van der Waals surface area contributed by atoms with Crippen LogP contribution in [0.1, 0.15) is 19.8 Å². The summed E-state index contributed by atoms with van der Waals surface area (Å²) in [4.78, 5) is 8.30. The van der Waals surface area contributed by atoms with Gasteiger partial charge in [-0.15, -0.1) is 0 Å². The average molecular weight is 319 g/mol.